The Labute approximate surface area is 169 Å². The molecule has 29 heavy (non-hydrogen) atoms. The van der Waals surface area contributed by atoms with E-state index in [2.05, 4.69) is 10.0 Å². The second-order valence-corrected chi connectivity index (χ2v) is 8.19. The van der Waals surface area contributed by atoms with E-state index in [1.165, 1.54) is 14.2 Å². The third-order valence-corrected chi connectivity index (χ3v) is 5.59. The van der Waals surface area contributed by atoms with Crippen LogP contribution in [-0.4, -0.2) is 35.1 Å². The number of nitrogens with one attached hydrogen (secondary N) is 2. The van der Waals surface area contributed by atoms with Crippen LogP contribution in [0.3, 0.4) is 0 Å². The number of carbonyl (C=O) groups is 1. The summed E-state index contributed by atoms with van der Waals surface area (Å²) in [6.45, 7) is -0.359. The molecule has 3 aromatic carbocycles. The zero-order chi connectivity index (χ0) is 20.9. The number of hydrogen-bond acceptors (Lipinski definition) is 5. The van der Waals surface area contributed by atoms with Crippen LogP contribution in [0, 0.1) is 0 Å². The average Bonchev–Trinajstić information content (AvgIpc) is 2.72. The largest absolute Gasteiger partial charge is 0.493 e. The molecule has 0 saturated heterocycles. The van der Waals surface area contributed by atoms with Gasteiger partial charge in [-0.15, -0.1) is 0 Å². The van der Waals surface area contributed by atoms with E-state index < -0.39 is 15.9 Å². The van der Waals surface area contributed by atoms with Crippen molar-refractivity contribution < 1.29 is 22.7 Å². The maximum absolute atomic E-state index is 12.3. The summed E-state index contributed by atoms with van der Waals surface area (Å²) in [5, 5.41) is 4.74. The van der Waals surface area contributed by atoms with Gasteiger partial charge in [-0.1, -0.05) is 36.4 Å². The number of amides is 1. The number of carbonyl (C=O) groups excluding carboxylic acids is 1. The minimum Gasteiger partial charge on any atom is -0.493 e. The molecule has 7 nitrogen and oxygen atoms in total. The number of methoxy groups -OCH3 is 2. The van der Waals surface area contributed by atoms with E-state index >= 15 is 0 Å². The zero-order valence-corrected chi connectivity index (χ0v) is 17.0. The van der Waals surface area contributed by atoms with Crippen LogP contribution in [0.25, 0.3) is 10.8 Å². The number of anilines is 1. The Morgan fingerprint density at radius 1 is 0.897 bits per heavy atom. The Kier molecular flexibility index (Phi) is 6.36. The average molecular weight is 414 g/mol. The van der Waals surface area contributed by atoms with Crippen molar-refractivity contribution in [2.24, 2.45) is 0 Å². The van der Waals surface area contributed by atoms with E-state index in [0.29, 0.717) is 22.7 Å². The van der Waals surface area contributed by atoms with Crippen molar-refractivity contribution in [3.8, 4) is 11.5 Å². The summed E-state index contributed by atoms with van der Waals surface area (Å²) in [6, 6.07) is 18.1. The summed E-state index contributed by atoms with van der Waals surface area (Å²) in [5.74, 6) is 0.221. The van der Waals surface area contributed by atoms with Crippen molar-refractivity contribution in [3.05, 3.63) is 66.2 Å². The summed E-state index contributed by atoms with van der Waals surface area (Å²) in [6.07, 6.45) is 0. The minimum absolute atomic E-state index is 0.281. The van der Waals surface area contributed by atoms with Gasteiger partial charge in [-0.3, -0.25) is 4.79 Å². The monoisotopic (exact) mass is 414 g/mol. The molecule has 0 radical (unpaired) electrons. The van der Waals surface area contributed by atoms with Crippen molar-refractivity contribution in [1.82, 2.24) is 4.72 Å². The molecule has 3 rings (SSSR count). The minimum atomic E-state index is -3.71. The number of hydrogen-bond donors (Lipinski definition) is 2. The molecule has 0 fully saturated rings. The predicted molar refractivity (Wildman–Crippen MR) is 113 cm³/mol. The molecule has 0 aliphatic carbocycles. The van der Waals surface area contributed by atoms with Gasteiger partial charge in [0.2, 0.25) is 15.9 Å². The standard InChI is InChI=1S/C21H22N2O5S/c1-27-19-10-7-15(11-20(19)28-2)14-29(25,26)22-13-21(24)23-18-9-8-16-5-3-4-6-17(16)12-18/h3-12,22H,13-14H2,1-2H3,(H,23,24). The molecule has 0 atom stereocenters. The molecule has 0 bridgehead atoms. The molecule has 0 heterocycles. The Morgan fingerprint density at radius 2 is 1.62 bits per heavy atom. The van der Waals surface area contributed by atoms with Crippen molar-refractivity contribution >= 4 is 32.4 Å². The van der Waals surface area contributed by atoms with Crippen molar-refractivity contribution in [2.75, 3.05) is 26.1 Å². The third-order valence-electron chi connectivity index (χ3n) is 4.29. The first-order chi connectivity index (χ1) is 13.9. The molecule has 0 aromatic heterocycles. The van der Waals surface area contributed by atoms with Gasteiger partial charge < -0.3 is 14.8 Å². The van der Waals surface area contributed by atoms with E-state index in [9.17, 15) is 13.2 Å². The zero-order valence-electron chi connectivity index (χ0n) is 16.1. The van der Waals surface area contributed by atoms with Crippen LogP contribution in [0.4, 0.5) is 5.69 Å². The van der Waals surface area contributed by atoms with Crippen LogP contribution in [0.5, 0.6) is 11.5 Å². The molecule has 1 amide bonds. The molecule has 0 aliphatic rings. The summed E-state index contributed by atoms with van der Waals surface area (Å²) in [5.41, 5.74) is 1.12. The molecule has 2 N–H and O–H groups in total. The van der Waals surface area contributed by atoms with Crippen molar-refractivity contribution in [1.29, 1.82) is 0 Å². The van der Waals surface area contributed by atoms with E-state index in [-0.39, 0.29) is 12.3 Å². The van der Waals surface area contributed by atoms with Gasteiger partial charge in [-0.25, -0.2) is 13.1 Å². The first kappa shape index (κ1) is 20.6. The highest BCUT2D eigenvalue weighted by molar-refractivity contribution is 7.88. The highest BCUT2D eigenvalue weighted by atomic mass is 32.2. The molecule has 3 aromatic rings. The van der Waals surface area contributed by atoms with Gasteiger partial charge in [0.1, 0.15) is 0 Å². The lowest BCUT2D eigenvalue weighted by atomic mass is 10.1. The summed E-state index contributed by atoms with van der Waals surface area (Å²) >= 11 is 0. The first-order valence-corrected chi connectivity index (χ1v) is 10.5. The Hall–Kier alpha value is -3.10. The lowest BCUT2D eigenvalue weighted by Gasteiger charge is -2.11. The van der Waals surface area contributed by atoms with Gasteiger partial charge in [-0.05, 0) is 40.6 Å². The fourth-order valence-corrected chi connectivity index (χ4v) is 3.96. The van der Waals surface area contributed by atoms with Crippen LogP contribution in [0.15, 0.2) is 60.7 Å². The van der Waals surface area contributed by atoms with Gasteiger partial charge in [0.15, 0.2) is 11.5 Å². The lowest BCUT2D eigenvalue weighted by Crippen LogP contribution is -2.33. The Balaban J connectivity index is 1.59. The Morgan fingerprint density at radius 3 is 2.34 bits per heavy atom. The van der Waals surface area contributed by atoms with Crippen LogP contribution in [0.1, 0.15) is 5.56 Å². The highest BCUT2D eigenvalue weighted by Gasteiger charge is 2.15. The normalized spacial score (nSPS) is 11.2. The highest BCUT2D eigenvalue weighted by Crippen LogP contribution is 2.28. The van der Waals surface area contributed by atoms with E-state index in [1.54, 1.807) is 24.3 Å². The summed E-state index contributed by atoms with van der Waals surface area (Å²) in [7, 11) is -0.727. The van der Waals surface area contributed by atoms with Crippen LogP contribution >= 0.6 is 0 Å². The molecule has 0 spiro atoms. The topological polar surface area (TPSA) is 93.7 Å². The maximum Gasteiger partial charge on any atom is 0.239 e. The van der Waals surface area contributed by atoms with Gasteiger partial charge in [0.25, 0.3) is 0 Å². The molecular weight excluding hydrogens is 392 g/mol. The molecular formula is C21H22N2O5S. The fourth-order valence-electron chi connectivity index (χ4n) is 2.89. The number of ether oxygens (including phenoxy) is 2. The quantitative estimate of drug-likeness (QED) is 0.591. The maximum atomic E-state index is 12.3. The van der Waals surface area contributed by atoms with Gasteiger partial charge in [0.05, 0.1) is 26.5 Å². The van der Waals surface area contributed by atoms with E-state index in [0.717, 1.165) is 10.8 Å². The number of rotatable bonds is 8. The van der Waals surface area contributed by atoms with Crippen molar-refractivity contribution in [2.45, 2.75) is 5.75 Å². The van der Waals surface area contributed by atoms with Crippen LogP contribution < -0.4 is 19.5 Å². The lowest BCUT2D eigenvalue weighted by molar-refractivity contribution is -0.115. The SMILES string of the molecule is COc1ccc(CS(=O)(=O)NCC(=O)Nc2ccc3ccccc3c2)cc1OC. The summed E-state index contributed by atoms with van der Waals surface area (Å²) in [4.78, 5) is 12.2. The van der Waals surface area contributed by atoms with Crippen LogP contribution in [0.2, 0.25) is 0 Å². The number of sulfonamides is 1. The van der Waals surface area contributed by atoms with E-state index in [4.69, 9.17) is 9.47 Å². The first-order valence-electron chi connectivity index (χ1n) is 8.87. The molecule has 0 saturated carbocycles. The molecule has 0 aliphatic heterocycles. The van der Waals surface area contributed by atoms with Crippen molar-refractivity contribution in [3.63, 3.8) is 0 Å². The second-order valence-electron chi connectivity index (χ2n) is 6.38. The molecule has 152 valence electrons. The Bertz CT molecular complexity index is 1130. The van der Waals surface area contributed by atoms with E-state index in [1.807, 2.05) is 36.4 Å². The molecule has 0 unspecified atom stereocenters. The number of benzene rings is 3. The predicted octanol–water partition coefficient (Wildman–Crippen LogP) is 2.92. The summed E-state index contributed by atoms with van der Waals surface area (Å²) < 4.78 is 37.3. The van der Waals surface area contributed by atoms with Gasteiger partial charge >= 0.3 is 0 Å². The van der Waals surface area contributed by atoms with Gasteiger partial charge in [-0.2, -0.15) is 0 Å². The van der Waals surface area contributed by atoms with Gasteiger partial charge in [0, 0.05) is 5.69 Å². The second kappa shape index (κ2) is 8.93. The third kappa shape index (κ3) is 5.46. The smallest absolute Gasteiger partial charge is 0.239 e. The van der Waals surface area contributed by atoms with Crippen LogP contribution in [-0.2, 0) is 20.6 Å². The fraction of sp³-hybridized carbons (Fsp3) is 0.190. The molecule has 8 heteroatoms. The number of fused-ring (bicyclic) bond motifs is 1.